The van der Waals surface area contributed by atoms with Gasteiger partial charge in [0.2, 0.25) is 0 Å². The van der Waals surface area contributed by atoms with E-state index < -0.39 is 0 Å². The Morgan fingerprint density at radius 2 is 1.80 bits per heavy atom. The molecule has 0 atom stereocenters. The average Bonchev–Trinajstić information content (AvgIpc) is 2.11. The fraction of sp³-hybridized carbons (Fsp3) is 0.917. The summed E-state index contributed by atoms with van der Waals surface area (Å²) in [4.78, 5) is 13.5. The van der Waals surface area contributed by atoms with Crippen molar-refractivity contribution in [3.8, 4) is 0 Å². The van der Waals surface area contributed by atoms with Gasteiger partial charge in [-0.3, -0.25) is 0 Å². The van der Waals surface area contributed by atoms with Crippen LogP contribution in [0, 0.1) is 5.41 Å². The van der Waals surface area contributed by atoms with Crippen LogP contribution in [-0.2, 0) is 4.74 Å². The van der Waals surface area contributed by atoms with E-state index in [0.29, 0.717) is 6.61 Å². The number of nitrogens with zero attached hydrogens (tertiary/aromatic N) is 1. The van der Waals surface area contributed by atoms with Crippen molar-refractivity contribution in [3.63, 3.8) is 0 Å². The predicted molar refractivity (Wildman–Crippen MR) is 63.0 cm³/mol. The van der Waals surface area contributed by atoms with Crippen LogP contribution in [0.15, 0.2) is 0 Å². The molecular formula is C12H25NO2. The molecule has 0 heterocycles. The largest absolute Gasteiger partial charge is 0.449 e. The average molecular weight is 215 g/mol. The molecule has 0 rings (SSSR count). The highest BCUT2D eigenvalue weighted by molar-refractivity contribution is 5.67. The summed E-state index contributed by atoms with van der Waals surface area (Å²) in [6, 6.07) is 0. The lowest BCUT2D eigenvalue weighted by Gasteiger charge is -2.29. The lowest BCUT2D eigenvalue weighted by Crippen LogP contribution is -2.38. The number of hydrogen-bond acceptors (Lipinski definition) is 2. The van der Waals surface area contributed by atoms with Crippen molar-refractivity contribution in [3.05, 3.63) is 0 Å². The monoisotopic (exact) mass is 215 g/mol. The van der Waals surface area contributed by atoms with Gasteiger partial charge in [0.25, 0.3) is 0 Å². The second kappa shape index (κ2) is 6.70. The quantitative estimate of drug-likeness (QED) is 0.704. The van der Waals surface area contributed by atoms with Gasteiger partial charge >= 0.3 is 6.09 Å². The van der Waals surface area contributed by atoms with Crippen LogP contribution in [-0.4, -0.2) is 30.7 Å². The van der Waals surface area contributed by atoms with Crippen molar-refractivity contribution >= 4 is 6.09 Å². The lowest BCUT2D eigenvalue weighted by atomic mass is 9.96. The smallest absolute Gasteiger partial charge is 0.409 e. The summed E-state index contributed by atoms with van der Waals surface area (Å²) < 4.78 is 5.14. The van der Waals surface area contributed by atoms with E-state index in [1.807, 2.05) is 6.92 Å². The Morgan fingerprint density at radius 1 is 1.20 bits per heavy atom. The summed E-state index contributed by atoms with van der Waals surface area (Å²) in [7, 11) is 0. The zero-order valence-electron chi connectivity index (χ0n) is 10.8. The van der Waals surface area contributed by atoms with Gasteiger partial charge in [0.05, 0.1) is 6.61 Å². The van der Waals surface area contributed by atoms with Crippen molar-refractivity contribution in [2.75, 3.05) is 19.7 Å². The van der Waals surface area contributed by atoms with E-state index in [-0.39, 0.29) is 11.5 Å². The van der Waals surface area contributed by atoms with Crippen LogP contribution in [0.2, 0.25) is 0 Å². The minimum atomic E-state index is -0.173. The SMILES string of the molecule is CCCOC(=O)N(CCC)CC(C)(C)C. The highest BCUT2D eigenvalue weighted by Crippen LogP contribution is 2.16. The Kier molecular flexibility index (Phi) is 6.37. The van der Waals surface area contributed by atoms with Gasteiger partial charge in [0.1, 0.15) is 0 Å². The van der Waals surface area contributed by atoms with Crippen LogP contribution in [0.1, 0.15) is 47.5 Å². The molecule has 0 aliphatic carbocycles. The van der Waals surface area contributed by atoms with Crippen molar-refractivity contribution in [1.29, 1.82) is 0 Å². The van der Waals surface area contributed by atoms with Crippen LogP contribution in [0.25, 0.3) is 0 Å². The maximum Gasteiger partial charge on any atom is 0.409 e. The number of amides is 1. The van der Waals surface area contributed by atoms with E-state index in [1.165, 1.54) is 0 Å². The van der Waals surface area contributed by atoms with Crippen molar-refractivity contribution < 1.29 is 9.53 Å². The maximum absolute atomic E-state index is 11.7. The summed E-state index contributed by atoms with van der Waals surface area (Å²) in [6.45, 7) is 12.5. The summed E-state index contributed by atoms with van der Waals surface area (Å²) >= 11 is 0. The Hall–Kier alpha value is -0.730. The first-order valence-electron chi connectivity index (χ1n) is 5.82. The van der Waals surface area contributed by atoms with E-state index in [1.54, 1.807) is 4.90 Å². The molecule has 0 aliphatic rings. The van der Waals surface area contributed by atoms with Gasteiger partial charge in [-0.25, -0.2) is 4.79 Å². The first kappa shape index (κ1) is 14.3. The second-order valence-electron chi connectivity index (χ2n) is 5.10. The summed E-state index contributed by atoms with van der Waals surface area (Å²) in [5, 5.41) is 0. The van der Waals surface area contributed by atoms with E-state index >= 15 is 0 Å². The van der Waals surface area contributed by atoms with E-state index in [0.717, 1.165) is 25.9 Å². The van der Waals surface area contributed by atoms with Crippen molar-refractivity contribution in [1.82, 2.24) is 4.90 Å². The molecule has 0 aromatic carbocycles. The normalized spacial score (nSPS) is 11.3. The van der Waals surface area contributed by atoms with Crippen LogP contribution in [0.3, 0.4) is 0 Å². The fourth-order valence-corrected chi connectivity index (χ4v) is 1.36. The maximum atomic E-state index is 11.7. The number of hydrogen-bond donors (Lipinski definition) is 0. The third-order valence-corrected chi connectivity index (χ3v) is 1.85. The predicted octanol–water partition coefficient (Wildman–Crippen LogP) is 3.29. The van der Waals surface area contributed by atoms with Crippen LogP contribution in [0.4, 0.5) is 4.79 Å². The summed E-state index contributed by atoms with van der Waals surface area (Å²) in [5.41, 5.74) is 0.125. The molecule has 0 saturated carbocycles. The molecule has 3 heteroatoms. The molecule has 0 saturated heterocycles. The Labute approximate surface area is 93.8 Å². The standard InChI is InChI=1S/C12H25NO2/c1-6-8-13(10-12(3,4)5)11(14)15-9-7-2/h6-10H2,1-5H3. The van der Waals surface area contributed by atoms with Crippen LogP contribution >= 0.6 is 0 Å². The Bertz CT molecular complexity index is 185. The summed E-state index contributed by atoms with van der Waals surface area (Å²) in [5.74, 6) is 0. The number of carbonyl (C=O) groups excluding carboxylic acids is 1. The molecule has 0 unspecified atom stereocenters. The molecule has 0 aromatic heterocycles. The van der Waals surface area contributed by atoms with E-state index in [9.17, 15) is 4.79 Å². The van der Waals surface area contributed by atoms with Crippen molar-refractivity contribution in [2.24, 2.45) is 5.41 Å². The zero-order chi connectivity index (χ0) is 11.9. The first-order valence-corrected chi connectivity index (χ1v) is 5.82. The van der Waals surface area contributed by atoms with Gasteiger partial charge in [-0.2, -0.15) is 0 Å². The van der Waals surface area contributed by atoms with Crippen LogP contribution < -0.4 is 0 Å². The van der Waals surface area contributed by atoms with Gasteiger partial charge in [0, 0.05) is 13.1 Å². The minimum Gasteiger partial charge on any atom is -0.449 e. The van der Waals surface area contributed by atoms with E-state index in [4.69, 9.17) is 4.74 Å². The highest BCUT2D eigenvalue weighted by Gasteiger charge is 2.20. The third kappa shape index (κ3) is 7.23. The fourth-order valence-electron chi connectivity index (χ4n) is 1.36. The molecule has 0 radical (unpaired) electrons. The highest BCUT2D eigenvalue weighted by atomic mass is 16.6. The Morgan fingerprint density at radius 3 is 2.20 bits per heavy atom. The first-order chi connectivity index (χ1) is 6.90. The molecule has 0 aliphatic heterocycles. The molecule has 0 bridgehead atoms. The lowest BCUT2D eigenvalue weighted by molar-refractivity contribution is 0.0890. The molecule has 90 valence electrons. The molecule has 1 amide bonds. The molecule has 15 heavy (non-hydrogen) atoms. The number of rotatable bonds is 5. The molecular weight excluding hydrogens is 190 g/mol. The molecule has 0 aromatic rings. The van der Waals surface area contributed by atoms with Gasteiger partial charge in [-0.05, 0) is 18.3 Å². The molecule has 0 spiro atoms. The number of ether oxygens (including phenoxy) is 1. The zero-order valence-corrected chi connectivity index (χ0v) is 10.8. The summed E-state index contributed by atoms with van der Waals surface area (Å²) in [6.07, 6.45) is 1.67. The number of carbonyl (C=O) groups is 1. The van der Waals surface area contributed by atoms with Gasteiger partial charge in [0.15, 0.2) is 0 Å². The minimum absolute atomic E-state index is 0.125. The molecule has 0 N–H and O–H groups in total. The van der Waals surface area contributed by atoms with Crippen molar-refractivity contribution in [2.45, 2.75) is 47.5 Å². The van der Waals surface area contributed by atoms with E-state index in [2.05, 4.69) is 27.7 Å². The van der Waals surface area contributed by atoms with Crippen LogP contribution in [0.5, 0.6) is 0 Å². The third-order valence-electron chi connectivity index (χ3n) is 1.85. The Balaban J connectivity index is 4.18. The molecule has 0 fully saturated rings. The topological polar surface area (TPSA) is 29.5 Å². The molecule has 3 nitrogen and oxygen atoms in total. The van der Waals surface area contributed by atoms with Gasteiger partial charge in [-0.15, -0.1) is 0 Å². The second-order valence-corrected chi connectivity index (χ2v) is 5.10. The van der Waals surface area contributed by atoms with Gasteiger partial charge in [-0.1, -0.05) is 34.6 Å². The van der Waals surface area contributed by atoms with Gasteiger partial charge < -0.3 is 9.64 Å².